The summed E-state index contributed by atoms with van der Waals surface area (Å²) >= 11 is 6.39. The summed E-state index contributed by atoms with van der Waals surface area (Å²) in [5.74, 6) is -0.0378. The minimum absolute atomic E-state index is 0.0378. The van der Waals surface area contributed by atoms with Gasteiger partial charge in [-0.1, -0.05) is 74.8 Å². The summed E-state index contributed by atoms with van der Waals surface area (Å²) in [4.78, 5) is 15.3. The molecule has 1 N–H and O–H groups in total. The number of fused-ring (bicyclic) bond motifs is 1. The second-order valence-electron chi connectivity index (χ2n) is 8.57. The van der Waals surface area contributed by atoms with Gasteiger partial charge >= 0.3 is 0 Å². The average molecular weight is 405 g/mol. The summed E-state index contributed by atoms with van der Waals surface area (Å²) in [7, 11) is 0. The van der Waals surface area contributed by atoms with Crippen LogP contribution in [0.5, 0.6) is 0 Å². The minimum Gasteiger partial charge on any atom is -0.360 e. The molecule has 4 rings (SSSR count). The number of carbonyl (C=O) groups is 1. The van der Waals surface area contributed by atoms with E-state index in [1.54, 1.807) is 4.90 Å². The fourth-order valence-corrected chi connectivity index (χ4v) is 3.82. The molecule has 0 aliphatic carbocycles. The lowest BCUT2D eigenvalue weighted by molar-refractivity contribution is 0.0975. The van der Waals surface area contributed by atoms with E-state index in [2.05, 4.69) is 50.4 Å². The standard InChI is InChI=1S/C25H25ClN2O/c1-16-9-14-19(15-21(16)26)28-23(17-10-12-18(13-11-17)25(2,3)4)27-22-8-6-5-7-20(22)24(28)29/h5-15,23,27H,1-4H3/t23-/m0/s1. The highest BCUT2D eigenvalue weighted by Gasteiger charge is 2.34. The lowest BCUT2D eigenvalue weighted by atomic mass is 9.86. The molecule has 0 unspecified atom stereocenters. The van der Waals surface area contributed by atoms with Crippen LogP contribution in [0.1, 0.15) is 54.0 Å². The lowest BCUT2D eigenvalue weighted by Crippen LogP contribution is -2.43. The number of hydrogen-bond acceptors (Lipinski definition) is 2. The maximum atomic E-state index is 13.5. The Morgan fingerprint density at radius 3 is 2.31 bits per heavy atom. The van der Waals surface area contributed by atoms with Crippen LogP contribution in [-0.2, 0) is 5.41 Å². The SMILES string of the molecule is Cc1ccc(N2C(=O)c3ccccc3N[C@@H]2c2ccc(C(C)(C)C)cc2)cc1Cl. The maximum Gasteiger partial charge on any atom is 0.262 e. The molecule has 1 atom stereocenters. The number of carbonyl (C=O) groups excluding carboxylic acids is 1. The van der Waals surface area contributed by atoms with E-state index in [0.717, 1.165) is 22.5 Å². The van der Waals surface area contributed by atoms with E-state index in [4.69, 9.17) is 11.6 Å². The molecule has 1 amide bonds. The molecule has 148 valence electrons. The van der Waals surface area contributed by atoms with Gasteiger partial charge < -0.3 is 5.32 Å². The molecule has 3 aromatic rings. The monoisotopic (exact) mass is 404 g/mol. The van der Waals surface area contributed by atoms with Gasteiger partial charge in [-0.15, -0.1) is 0 Å². The Hall–Kier alpha value is -2.78. The summed E-state index contributed by atoms with van der Waals surface area (Å²) in [6.45, 7) is 8.55. The quantitative estimate of drug-likeness (QED) is 0.514. The van der Waals surface area contributed by atoms with Gasteiger partial charge in [-0.05, 0) is 53.3 Å². The zero-order valence-electron chi connectivity index (χ0n) is 17.2. The van der Waals surface area contributed by atoms with Crippen LogP contribution in [-0.4, -0.2) is 5.91 Å². The molecule has 0 saturated heterocycles. The Kier molecular flexibility index (Phi) is 4.87. The first-order valence-electron chi connectivity index (χ1n) is 9.81. The van der Waals surface area contributed by atoms with Gasteiger partial charge in [0.2, 0.25) is 0 Å². The van der Waals surface area contributed by atoms with Crippen LogP contribution in [0.2, 0.25) is 5.02 Å². The second kappa shape index (κ2) is 7.23. The van der Waals surface area contributed by atoms with Gasteiger partial charge in [-0.2, -0.15) is 0 Å². The second-order valence-corrected chi connectivity index (χ2v) is 8.98. The van der Waals surface area contributed by atoms with E-state index >= 15 is 0 Å². The summed E-state index contributed by atoms with van der Waals surface area (Å²) in [5.41, 5.74) is 5.62. The normalized spacial score (nSPS) is 16.4. The summed E-state index contributed by atoms with van der Waals surface area (Å²) in [6.07, 6.45) is -0.315. The fourth-order valence-electron chi connectivity index (χ4n) is 3.65. The van der Waals surface area contributed by atoms with Crippen molar-refractivity contribution in [1.29, 1.82) is 0 Å². The molecule has 3 nitrogen and oxygen atoms in total. The van der Waals surface area contributed by atoms with Gasteiger partial charge in [0.25, 0.3) is 5.91 Å². The van der Waals surface area contributed by atoms with Crippen LogP contribution in [0, 0.1) is 6.92 Å². The molecule has 3 aromatic carbocycles. The van der Waals surface area contributed by atoms with Crippen LogP contribution >= 0.6 is 11.6 Å². The topological polar surface area (TPSA) is 32.3 Å². The Morgan fingerprint density at radius 1 is 0.966 bits per heavy atom. The number of anilines is 2. The van der Waals surface area contributed by atoms with Gasteiger partial charge in [0.05, 0.1) is 5.56 Å². The van der Waals surface area contributed by atoms with Crippen molar-refractivity contribution in [3.63, 3.8) is 0 Å². The van der Waals surface area contributed by atoms with Gasteiger partial charge in [-0.25, -0.2) is 0 Å². The van der Waals surface area contributed by atoms with E-state index in [0.29, 0.717) is 10.6 Å². The molecule has 0 radical (unpaired) electrons. The van der Waals surface area contributed by atoms with E-state index < -0.39 is 0 Å². The average Bonchev–Trinajstić information content (AvgIpc) is 2.70. The molecule has 0 fully saturated rings. The molecule has 4 heteroatoms. The van der Waals surface area contributed by atoms with Crippen molar-refractivity contribution in [3.8, 4) is 0 Å². The van der Waals surface area contributed by atoms with Crippen molar-refractivity contribution < 1.29 is 4.79 Å². The first-order chi connectivity index (χ1) is 13.8. The number of hydrogen-bond donors (Lipinski definition) is 1. The first-order valence-corrected chi connectivity index (χ1v) is 10.2. The number of rotatable bonds is 2. The number of nitrogens with zero attached hydrogens (tertiary/aromatic N) is 1. The lowest BCUT2D eigenvalue weighted by Gasteiger charge is -2.38. The third-order valence-electron chi connectivity index (χ3n) is 5.45. The number of benzene rings is 3. The van der Waals surface area contributed by atoms with Crippen molar-refractivity contribution in [2.75, 3.05) is 10.2 Å². The van der Waals surface area contributed by atoms with Gasteiger partial charge in [0.1, 0.15) is 6.17 Å². The molecule has 1 heterocycles. The van der Waals surface area contributed by atoms with Crippen molar-refractivity contribution in [1.82, 2.24) is 0 Å². The molecular formula is C25H25ClN2O. The first kappa shape index (κ1) is 19.5. The largest absolute Gasteiger partial charge is 0.360 e. The smallest absolute Gasteiger partial charge is 0.262 e. The molecule has 1 aliphatic rings. The third-order valence-corrected chi connectivity index (χ3v) is 5.86. The van der Waals surface area contributed by atoms with Crippen molar-refractivity contribution in [2.45, 2.75) is 39.3 Å². The number of para-hydroxylation sites is 1. The number of halogens is 1. The van der Waals surface area contributed by atoms with Gasteiger partial charge in [-0.3, -0.25) is 9.69 Å². The summed E-state index contributed by atoms with van der Waals surface area (Å²) in [6, 6.07) is 21.9. The van der Waals surface area contributed by atoms with Crippen LogP contribution in [0.4, 0.5) is 11.4 Å². The maximum absolute atomic E-state index is 13.5. The molecule has 0 aromatic heterocycles. The van der Waals surface area contributed by atoms with Crippen molar-refractivity contribution >= 4 is 28.9 Å². The zero-order valence-corrected chi connectivity index (χ0v) is 17.9. The van der Waals surface area contributed by atoms with Crippen molar-refractivity contribution in [2.24, 2.45) is 0 Å². The molecule has 0 bridgehead atoms. The Labute approximate surface area is 177 Å². The summed E-state index contributed by atoms with van der Waals surface area (Å²) in [5, 5.41) is 4.20. The predicted octanol–water partition coefficient (Wildman–Crippen LogP) is 6.72. The predicted molar refractivity (Wildman–Crippen MR) is 121 cm³/mol. The van der Waals surface area contributed by atoms with E-state index in [-0.39, 0.29) is 17.5 Å². The highest BCUT2D eigenvalue weighted by atomic mass is 35.5. The summed E-state index contributed by atoms with van der Waals surface area (Å²) < 4.78 is 0. The zero-order chi connectivity index (χ0) is 20.8. The fraction of sp³-hybridized carbons (Fsp3) is 0.240. The third kappa shape index (κ3) is 3.63. The van der Waals surface area contributed by atoms with E-state index in [9.17, 15) is 4.79 Å². The number of amides is 1. The van der Waals surface area contributed by atoms with E-state index in [1.165, 1.54) is 5.56 Å². The Balaban J connectivity index is 1.82. The molecule has 0 saturated carbocycles. The van der Waals surface area contributed by atoms with Crippen LogP contribution < -0.4 is 10.2 Å². The molecule has 0 spiro atoms. The molecule has 1 aliphatic heterocycles. The number of nitrogens with one attached hydrogen (secondary N) is 1. The van der Waals surface area contributed by atoms with Crippen LogP contribution in [0.15, 0.2) is 66.7 Å². The van der Waals surface area contributed by atoms with Gasteiger partial charge in [0.15, 0.2) is 0 Å². The Bertz CT molecular complexity index is 1070. The molecular weight excluding hydrogens is 380 g/mol. The van der Waals surface area contributed by atoms with Crippen LogP contribution in [0.25, 0.3) is 0 Å². The van der Waals surface area contributed by atoms with Crippen molar-refractivity contribution in [3.05, 3.63) is 94.0 Å². The molecule has 29 heavy (non-hydrogen) atoms. The highest BCUT2D eigenvalue weighted by Crippen LogP contribution is 2.38. The van der Waals surface area contributed by atoms with Gasteiger partial charge in [0, 0.05) is 16.4 Å². The van der Waals surface area contributed by atoms with E-state index in [1.807, 2.05) is 49.4 Å². The highest BCUT2D eigenvalue weighted by molar-refractivity contribution is 6.31. The minimum atomic E-state index is -0.315. The van der Waals surface area contributed by atoms with Crippen LogP contribution in [0.3, 0.4) is 0 Å². The number of aryl methyl sites for hydroxylation is 1. The Morgan fingerprint density at radius 2 is 1.66 bits per heavy atom.